The van der Waals surface area contributed by atoms with Crippen LogP contribution >= 0.6 is 0 Å². The second kappa shape index (κ2) is 5.85. The monoisotopic (exact) mass is 267 g/mol. The first-order chi connectivity index (χ1) is 8.63. The van der Waals surface area contributed by atoms with E-state index in [1.807, 2.05) is 37.4 Å². The molecule has 1 saturated carbocycles. The zero-order valence-corrected chi connectivity index (χ0v) is 11.6. The predicted octanol–water partition coefficient (Wildman–Crippen LogP) is 2.13. The molecule has 2 atom stereocenters. The van der Waals surface area contributed by atoms with E-state index in [2.05, 4.69) is 5.32 Å². The molecule has 100 valence electrons. The normalized spacial score (nSPS) is 24.9. The molecule has 0 radical (unpaired) electrons. The molecule has 0 heterocycles. The van der Waals surface area contributed by atoms with Gasteiger partial charge in [-0.1, -0.05) is 43.2 Å². The van der Waals surface area contributed by atoms with Gasteiger partial charge in [-0.2, -0.15) is 0 Å². The second-order valence-electron chi connectivity index (χ2n) is 5.01. The molecular formula is C14H21NO2S. The summed E-state index contributed by atoms with van der Waals surface area (Å²) < 4.78 is 25.0. The Hall–Kier alpha value is -0.870. The zero-order chi connectivity index (χ0) is 13.0. The maximum Gasteiger partial charge on any atom is 0.158 e. The molecule has 18 heavy (non-hydrogen) atoms. The summed E-state index contributed by atoms with van der Waals surface area (Å²) >= 11 is 0. The highest BCUT2D eigenvalue weighted by Gasteiger charge is 2.34. The van der Waals surface area contributed by atoms with E-state index in [0.717, 1.165) is 31.2 Å². The SMILES string of the molecule is CNC1CCCCC1S(=O)(=O)Cc1ccccc1. The van der Waals surface area contributed by atoms with Crippen molar-refractivity contribution in [3.63, 3.8) is 0 Å². The van der Waals surface area contributed by atoms with Gasteiger partial charge in [0.1, 0.15) is 0 Å². The number of sulfone groups is 1. The Morgan fingerprint density at radius 1 is 1.17 bits per heavy atom. The van der Waals surface area contributed by atoms with Gasteiger partial charge in [0.05, 0.1) is 11.0 Å². The molecule has 0 aliphatic heterocycles. The van der Waals surface area contributed by atoms with Gasteiger partial charge in [0.25, 0.3) is 0 Å². The topological polar surface area (TPSA) is 46.2 Å². The average Bonchev–Trinajstić information content (AvgIpc) is 2.39. The molecule has 1 aliphatic carbocycles. The fourth-order valence-corrected chi connectivity index (χ4v) is 4.94. The highest BCUT2D eigenvalue weighted by molar-refractivity contribution is 7.91. The molecule has 3 nitrogen and oxygen atoms in total. The molecule has 0 saturated heterocycles. The number of hydrogen-bond donors (Lipinski definition) is 1. The lowest BCUT2D eigenvalue weighted by atomic mass is 9.95. The maximum atomic E-state index is 12.5. The zero-order valence-electron chi connectivity index (χ0n) is 10.8. The van der Waals surface area contributed by atoms with Gasteiger partial charge in [0, 0.05) is 6.04 Å². The fourth-order valence-electron chi connectivity index (χ4n) is 2.77. The van der Waals surface area contributed by atoms with Crippen molar-refractivity contribution in [2.75, 3.05) is 7.05 Å². The van der Waals surface area contributed by atoms with Gasteiger partial charge in [0.2, 0.25) is 0 Å². The average molecular weight is 267 g/mol. The summed E-state index contributed by atoms with van der Waals surface area (Å²) in [6, 6.07) is 9.58. The highest BCUT2D eigenvalue weighted by atomic mass is 32.2. The minimum Gasteiger partial charge on any atom is -0.316 e. The Bertz CT molecular complexity index is 470. The summed E-state index contributed by atoms with van der Waals surface area (Å²) in [6.45, 7) is 0. The van der Waals surface area contributed by atoms with Crippen molar-refractivity contribution in [3.8, 4) is 0 Å². The van der Waals surface area contributed by atoms with E-state index < -0.39 is 9.84 Å². The Morgan fingerprint density at radius 3 is 2.50 bits per heavy atom. The Kier molecular flexibility index (Phi) is 4.40. The van der Waals surface area contributed by atoms with Gasteiger partial charge in [-0.05, 0) is 25.5 Å². The Balaban J connectivity index is 2.14. The van der Waals surface area contributed by atoms with Crippen molar-refractivity contribution in [2.24, 2.45) is 0 Å². The van der Waals surface area contributed by atoms with E-state index in [-0.39, 0.29) is 17.0 Å². The van der Waals surface area contributed by atoms with Gasteiger partial charge in [-0.25, -0.2) is 8.42 Å². The van der Waals surface area contributed by atoms with Gasteiger partial charge in [0.15, 0.2) is 9.84 Å². The van der Waals surface area contributed by atoms with Crippen molar-refractivity contribution in [1.82, 2.24) is 5.32 Å². The van der Waals surface area contributed by atoms with E-state index in [1.165, 1.54) is 0 Å². The van der Waals surface area contributed by atoms with Crippen LogP contribution in [0.5, 0.6) is 0 Å². The molecule has 0 spiro atoms. The molecule has 1 N–H and O–H groups in total. The van der Waals surface area contributed by atoms with Crippen LogP contribution in [0, 0.1) is 0 Å². The lowest BCUT2D eigenvalue weighted by molar-refractivity contribution is 0.389. The minimum absolute atomic E-state index is 0.118. The Labute approximate surface area is 110 Å². The minimum atomic E-state index is -3.06. The first-order valence-electron chi connectivity index (χ1n) is 6.56. The van der Waals surface area contributed by atoms with E-state index in [9.17, 15) is 8.42 Å². The molecular weight excluding hydrogens is 246 g/mol. The van der Waals surface area contributed by atoms with Crippen molar-refractivity contribution < 1.29 is 8.42 Å². The molecule has 2 unspecified atom stereocenters. The molecule has 1 aliphatic rings. The Morgan fingerprint density at radius 2 is 1.83 bits per heavy atom. The van der Waals surface area contributed by atoms with Crippen molar-refractivity contribution in [3.05, 3.63) is 35.9 Å². The van der Waals surface area contributed by atoms with Crippen LogP contribution in [0.2, 0.25) is 0 Å². The molecule has 1 aromatic carbocycles. The third-order valence-electron chi connectivity index (χ3n) is 3.75. The van der Waals surface area contributed by atoms with Crippen LogP contribution in [0.3, 0.4) is 0 Å². The number of hydrogen-bond acceptors (Lipinski definition) is 3. The summed E-state index contributed by atoms with van der Waals surface area (Å²) in [5.74, 6) is 0.163. The molecule has 0 bridgehead atoms. The lowest BCUT2D eigenvalue weighted by Gasteiger charge is -2.30. The maximum absolute atomic E-state index is 12.5. The molecule has 2 rings (SSSR count). The van der Waals surface area contributed by atoms with Crippen LogP contribution < -0.4 is 5.32 Å². The molecule has 0 amide bonds. The van der Waals surface area contributed by atoms with Crippen LogP contribution in [-0.2, 0) is 15.6 Å². The standard InChI is InChI=1S/C14H21NO2S/c1-15-13-9-5-6-10-14(13)18(16,17)11-12-7-3-2-4-8-12/h2-4,7-8,13-15H,5-6,9-11H2,1H3. The predicted molar refractivity (Wildman–Crippen MR) is 74.2 cm³/mol. The first kappa shape index (κ1) is 13.6. The molecule has 1 fully saturated rings. The summed E-state index contributed by atoms with van der Waals surface area (Å²) in [4.78, 5) is 0. The summed E-state index contributed by atoms with van der Waals surface area (Å²) in [5.41, 5.74) is 0.887. The van der Waals surface area contributed by atoms with E-state index in [0.29, 0.717) is 0 Å². The first-order valence-corrected chi connectivity index (χ1v) is 8.28. The largest absolute Gasteiger partial charge is 0.316 e. The van der Waals surface area contributed by atoms with Crippen LogP contribution in [-0.4, -0.2) is 26.8 Å². The van der Waals surface area contributed by atoms with Crippen LogP contribution in [0.15, 0.2) is 30.3 Å². The van der Waals surface area contributed by atoms with Gasteiger partial charge >= 0.3 is 0 Å². The van der Waals surface area contributed by atoms with E-state index in [1.54, 1.807) is 0 Å². The molecule has 4 heteroatoms. The smallest absolute Gasteiger partial charge is 0.158 e. The third-order valence-corrected chi connectivity index (χ3v) is 5.97. The summed E-state index contributed by atoms with van der Waals surface area (Å²) in [5, 5.41) is 2.94. The summed E-state index contributed by atoms with van der Waals surface area (Å²) in [6.07, 6.45) is 3.91. The van der Waals surface area contributed by atoms with Crippen LogP contribution in [0.4, 0.5) is 0 Å². The van der Waals surface area contributed by atoms with Crippen LogP contribution in [0.1, 0.15) is 31.2 Å². The van der Waals surface area contributed by atoms with Crippen LogP contribution in [0.25, 0.3) is 0 Å². The fraction of sp³-hybridized carbons (Fsp3) is 0.571. The quantitative estimate of drug-likeness (QED) is 0.909. The number of benzene rings is 1. The van der Waals surface area contributed by atoms with Crippen molar-refractivity contribution in [1.29, 1.82) is 0 Å². The van der Waals surface area contributed by atoms with Gasteiger partial charge in [-0.3, -0.25) is 0 Å². The van der Waals surface area contributed by atoms with Gasteiger partial charge < -0.3 is 5.32 Å². The highest BCUT2D eigenvalue weighted by Crippen LogP contribution is 2.26. The number of rotatable bonds is 4. The van der Waals surface area contributed by atoms with E-state index >= 15 is 0 Å². The second-order valence-corrected chi connectivity index (χ2v) is 7.23. The lowest BCUT2D eigenvalue weighted by Crippen LogP contribution is -2.45. The summed E-state index contributed by atoms with van der Waals surface area (Å²) in [7, 11) is -1.20. The molecule has 1 aromatic rings. The van der Waals surface area contributed by atoms with Crippen molar-refractivity contribution >= 4 is 9.84 Å². The molecule has 0 aromatic heterocycles. The van der Waals surface area contributed by atoms with E-state index in [4.69, 9.17) is 0 Å². The third kappa shape index (κ3) is 3.12. The van der Waals surface area contributed by atoms with Crippen molar-refractivity contribution in [2.45, 2.75) is 42.7 Å². The van der Waals surface area contributed by atoms with Gasteiger partial charge in [-0.15, -0.1) is 0 Å². The number of nitrogens with one attached hydrogen (secondary N) is 1.